The Hall–Kier alpha value is -4.03. The number of carbonyl (C=O) groups excluding carboxylic acids is 3. The first-order valence-corrected chi connectivity index (χ1v) is 16.8. The van der Waals surface area contributed by atoms with Gasteiger partial charge in [0.1, 0.15) is 17.1 Å². The first kappa shape index (κ1) is 32.9. The Morgan fingerprint density at radius 1 is 0.936 bits per heavy atom. The molecule has 12 nitrogen and oxygen atoms in total. The number of amides is 3. The Balaban J connectivity index is 1.17. The van der Waals surface area contributed by atoms with Crippen LogP contribution in [0.3, 0.4) is 0 Å². The molecule has 5 heterocycles. The molecule has 0 radical (unpaired) electrons. The van der Waals surface area contributed by atoms with E-state index in [4.69, 9.17) is 14.7 Å². The molecule has 0 unspecified atom stereocenters. The number of benzene rings is 1. The van der Waals surface area contributed by atoms with Crippen molar-refractivity contribution in [2.75, 3.05) is 51.1 Å². The fraction of sp³-hybridized carbons (Fsp3) is 0.571. The number of aromatic nitrogens is 2. The second-order valence-electron chi connectivity index (χ2n) is 14.1. The van der Waals surface area contributed by atoms with E-state index in [1.807, 2.05) is 31.7 Å². The number of piperidine rings is 2. The minimum absolute atomic E-state index is 0.0195. The molecule has 12 heteroatoms. The number of aliphatic hydroxyl groups excluding tert-OH is 1. The molecule has 2 saturated heterocycles. The number of nitrogens with one attached hydrogen (secondary N) is 1. The van der Waals surface area contributed by atoms with Crippen LogP contribution in [-0.4, -0.2) is 122 Å². The predicted octanol–water partition coefficient (Wildman–Crippen LogP) is 3.17. The van der Waals surface area contributed by atoms with Gasteiger partial charge < -0.3 is 29.9 Å². The summed E-state index contributed by atoms with van der Waals surface area (Å²) in [6.07, 6.45) is 3.95. The predicted molar refractivity (Wildman–Crippen MR) is 178 cm³/mol. The van der Waals surface area contributed by atoms with Gasteiger partial charge in [0.25, 0.3) is 5.91 Å². The van der Waals surface area contributed by atoms with Crippen molar-refractivity contribution in [2.45, 2.75) is 83.7 Å². The summed E-state index contributed by atoms with van der Waals surface area (Å²) in [5, 5.41) is 14.8. The van der Waals surface area contributed by atoms with Crippen LogP contribution in [0.1, 0.15) is 74.4 Å². The Labute approximate surface area is 276 Å². The second-order valence-corrected chi connectivity index (χ2v) is 14.1. The lowest BCUT2D eigenvalue weighted by Crippen LogP contribution is -2.56. The average Bonchev–Trinajstić information content (AvgIpc) is 3.55. The molecule has 0 saturated carbocycles. The molecule has 4 aliphatic rings. The van der Waals surface area contributed by atoms with Crippen LogP contribution in [0, 0.1) is 0 Å². The standard InChI is InChI=1S/C35H47N7O5/c1-23(43)39-16-11-27(12-17-39)36-31-19-28(37-32(38-31)26-10-15-42(21-26)34(46)47-35(2,3)4)33(45)41-18-13-29(30(44)22-41)40-14-9-24-7-5-6-8-25(24)20-40/h5-8,10,19,27,29-30,44H,9,11-18,20-22H2,1-4H3,(H,36,37,38)/t29-,30-/m1/s1. The molecule has 3 amide bonds. The monoisotopic (exact) mass is 645 g/mol. The van der Waals surface area contributed by atoms with Gasteiger partial charge in [-0.1, -0.05) is 30.3 Å². The number of anilines is 1. The van der Waals surface area contributed by atoms with E-state index < -0.39 is 17.8 Å². The van der Waals surface area contributed by atoms with Crippen molar-refractivity contribution in [1.29, 1.82) is 0 Å². The van der Waals surface area contributed by atoms with Crippen molar-refractivity contribution >= 4 is 29.3 Å². The van der Waals surface area contributed by atoms with E-state index in [1.54, 1.807) is 22.8 Å². The fourth-order valence-corrected chi connectivity index (χ4v) is 7.00. The van der Waals surface area contributed by atoms with Gasteiger partial charge in [-0.2, -0.15) is 0 Å². The van der Waals surface area contributed by atoms with Gasteiger partial charge in [0.2, 0.25) is 5.91 Å². The SMILES string of the molecule is CC(=O)N1CCC(Nc2cc(C(=O)N3CC[C@@H](N4CCc5ccccc5C4)[C@H](O)C3)nc(C3=CCN(C(=O)OC(C)(C)C)C3)n2)CC1. The quantitative estimate of drug-likeness (QED) is 0.504. The van der Waals surface area contributed by atoms with E-state index in [-0.39, 0.29) is 42.7 Å². The molecule has 0 bridgehead atoms. The van der Waals surface area contributed by atoms with Crippen molar-refractivity contribution in [2.24, 2.45) is 0 Å². The van der Waals surface area contributed by atoms with Crippen LogP contribution in [0.25, 0.3) is 5.57 Å². The summed E-state index contributed by atoms with van der Waals surface area (Å²) in [7, 11) is 0. The summed E-state index contributed by atoms with van der Waals surface area (Å²) >= 11 is 0. The number of likely N-dealkylation sites (tertiary alicyclic amines) is 2. The van der Waals surface area contributed by atoms with Crippen LogP contribution in [0.15, 0.2) is 36.4 Å². The summed E-state index contributed by atoms with van der Waals surface area (Å²) < 4.78 is 5.56. The van der Waals surface area contributed by atoms with Gasteiger partial charge in [-0.3, -0.25) is 14.5 Å². The highest BCUT2D eigenvalue weighted by molar-refractivity contribution is 5.93. The number of carbonyl (C=O) groups is 3. The lowest BCUT2D eigenvalue weighted by atomic mass is 9.94. The maximum absolute atomic E-state index is 14.0. The average molecular weight is 646 g/mol. The summed E-state index contributed by atoms with van der Waals surface area (Å²) in [4.78, 5) is 55.5. The highest BCUT2D eigenvalue weighted by Gasteiger charge is 2.36. The van der Waals surface area contributed by atoms with Crippen LogP contribution in [0.2, 0.25) is 0 Å². The van der Waals surface area contributed by atoms with Gasteiger partial charge in [0.05, 0.1) is 12.6 Å². The lowest BCUT2D eigenvalue weighted by molar-refractivity contribution is -0.129. The van der Waals surface area contributed by atoms with Gasteiger partial charge in [-0.05, 0) is 57.6 Å². The van der Waals surface area contributed by atoms with E-state index in [0.717, 1.165) is 37.9 Å². The smallest absolute Gasteiger partial charge is 0.410 e. The number of ether oxygens (including phenoxy) is 1. The summed E-state index contributed by atoms with van der Waals surface area (Å²) in [5.74, 6) is 0.721. The molecule has 1 aromatic heterocycles. The van der Waals surface area contributed by atoms with E-state index in [1.165, 1.54) is 11.1 Å². The molecule has 2 aromatic rings. The number of aliphatic hydroxyl groups is 1. The number of hydrogen-bond donors (Lipinski definition) is 2. The second kappa shape index (κ2) is 13.6. The first-order chi connectivity index (χ1) is 22.4. The van der Waals surface area contributed by atoms with Gasteiger partial charge in [0, 0.05) is 76.5 Å². The molecule has 0 aliphatic carbocycles. The third-order valence-corrected chi connectivity index (χ3v) is 9.56. The van der Waals surface area contributed by atoms with E-state index in [9.17, 15) is 19.5 Å². The van der Waals surface area contributed by atoms with Crippen LogP contribution < -0.4 is 5.32 Å². The third-order valence-electron chi connectivity index (χ3n) is 9.56. The molecule has 4 aliphatic heterocycles. The number of rotatable bonds is 5. The van der Waals surface area contributed by atoms with Crippen molar-refractivity contribution in [3.05, 3.63) is 59.1 Å². The van der Waals surface area contributed by atoms with E-state index in [0.29, 0.717) is 44.2 Å². The molecule has 0 spiro atoms. The minimum atomic E-state index is -0.678. The summed E-state index contributed by atoms with van der Waals surface area (Å²) in [6.45, 7) is 11.4. The number of hydrogen-bond acceptors (Lipinski definition) is 9. The zero-order chi connectivity index (χ0) is 33.3. The molecule has 1 aromatic carbocycles. The summed E-state index contributed by atoms with van der Waals surface area (Å²) in [5.41, 5.74) is 3.04. The maximum atomic E-state index is 14.0. The van der Waals surface area contributed by atoms with Crippen LogP contribution in [0.4, 0.5) is 10.6 Å². The van der Waals surface area contributed by atoms with Crippen LogP contribution in [-0.2, 0) is 22.5 Å². The molecular weight excluding hydrogens is 598 g/mol. The normalized spacial score (nSPS) is 22.5. The molecule has 2 atom stereocenters. The molecule has 2 fully saturated rings. The molecule has 2 N–H and O–H groups in total. The maximum Gasteiger partial charge on any atom is 0.410 e. The molecule has 6 rings (SSSR count). The highest BCUT2D eigenvalue weighted by atomic mass is 16.6. The molecule has 47 heavy (non-hydrogen) atoms. The Bertz CT molecular complexity index is 1530. The summed E-state index contributed by atoms with van der Waals surface area (Å²) in [6, 6.07) is 10.2. The minimum Gasteiger partial charge on any atom is -0.444 e. The topological polar surface area (TPSA) is 131 Å². The van der Waals surface area contributed by atoms with Crippen molar-refractivity contribution < 1.29 is 24.2 Å². The zero-order valence-electron chi connectivity index (χ0n) is 27.9. The van der Waals surface area contributed by atoms with Crippen molar-refractivity contribution in [3.63, 3.8) is 0 Å². The zero-order valence-corrected chi connectivity index (χ0v) is 27.9. The number of β-amino-alcohol motifs (C(OH)–C–C–N with tert-alkyl or cyclic N) is 1. The Morgan fingerprint density at radius 3 is 2.36 bits per heavy atom. The fourth-order valence-electron chi connectivity index (χ4n) is 7.00. The van der Waals surface area contributed by atoms with Gasteiger partial charge >= 0.3 is 6.09 Å². The lowest BCUT2D eigenvalue weighted by Gasteiger charge is -2.43. The van der Waals surface area contributed by atoms with Gasteiger partial charge in [-0.25, -0.2) is 14.8 Å². The van der Waals surface area contributed by atoms with Crippen LogP contribution in [0.5, 0.6) is 0 Å². The van der Waals surface area contributed by atoms with Gasteiger partial charge in [0.15, 0.2) is 5.82 Å². The highest BCUT2D eigenvalue weighted by Crippen LogP contribution is 2.28. The molecular formula is C35H47N7O5. The van der Waals surface area contributed by atoms with Crippen molar-refractivity contribution in [3.8, 4) is 0 Å². The number of nitrogens with zero attached hydrogens (tertiary/aromatic N) is 6. The van der Waals surface area contributed by atoms with E-state index >= 15 is 0 Å². The van der Waals surface area contributed by atoms with E-state index in [2.05, 4.69) is 34.5 Å². The Morgan fingerprint density at radius 2 is 1.66 bits per heavy atom. The largest absolute Gasteiger partial charge is 0.444 e. The number of fused-ring (bicyclic) bond motifs is 1. The first-order valence-electron chi connectivity index (χ1n) is 16.8. The van der Waals surface area contributed by atoms with Gasteiger partial charge in [-0.15, -0.1) is 0 Å². The van der Waals surface area contributed by atoms with Crippen LogP contribution >= 0.6 is 0 Å². The van der Waals surface area contributed by atoms with Crippen molar-refractivity contribution in [1.82, 2.24) is 29.6 Å². The third kappa shape index (κ3) is 7.76. The Kier molecular flexibility index (Phi) is 9.52. The molecule has 252 valence electrons.